The van der Waals surface area contributed by atoms with Crippen molar-refractivity contribution in [3.63, 3.8) is 0 Å². The van der Waals surface area contributed by atoms with Crippen molar-refractivity contribution in [1.82, 2.24) is 15.0 Å². The van der Waals surface area contributed by atoms with Gasteiger partial charge in [-0.05, 0) is 55.7 Å². The first-order valence-electron chi connectivity index (χ1n) is 8.11. The van der Waals surface area contributed by atoms with E-state index < -0.39 is 0 Å². The van der Waals surface area contributed by atoms with Crippen LogP contribution >= 0.6 is 11.6 Å². The van der Waals surface area contributed by atoms with Crippen molar-refractivity contribution in [1.29, 1.82) is 0 Å². The number of hydrogen-bond acceptors (Lipinski definition) is 5. The molecule has 0 radical (unpaired) electrons. The van der Waals surface area contributed by atoms with Crippen LogP contribution in [0, 0.1) is 0 Å². The number of halogens is 1. The van der Waals surface area contributed by atoms with E-state index in [1.165, 1.54) is 4.80 Å². The normalized spacial score (nSPS) is 10.8. The third-order valence-electron chi connectivity index (χ3n) is 3.79. The van der Waals surface area contributed by atoms with Crippen LogP contribution in [0.25, 0.3) is 16.7 Å². The summed E-state index contributed by atoms with van der Waals surface area (Å²) < 4.78 is 5.06. The molecule has 1 N–H and O–H groups in total. The number of ether oxygens (including phenoxy) is 1. The zero-order valence-corrected chi connectivity index (χ0v) is 15.0. The number of phenols is 1. The number of carbonyl (C=O) groups excluding carboxylic acids is 1. The fourth-order valence-corrected chi connectivity index (χ4v) is 2.62. The summed E-state index contributed by atoms with van der Waals surface area (Å²) in [4.78, 5) is 12.7. The molecular weight excluding hydrogens is 354 g/mol. The Morgan fingerprint density at radius 1 is 1.23 bits per heavy atom. The molecule has 134 valence electrons. The lowest BCUT2D eigenvalue weighted by Gasteiger charge is -2.07. The van der Waals surface area contributed by atoms with Gasteiger partial charge in [0.05, 0.1) is 6.61 Å². The second-order valence-corrected chi connectivity index (χ2v) is 6.40. The van der Waals surface area contributed by atoms with Crippen LogP contribution < -0.4 is 0 Å². The van der Waals surface area contributed by atoms with Crippen molar-refractivity contribution in [3.8, 4) is 11.4 Å². The number of aromatic hydroxyl groups is 1. The number of esters is 1. The fourth-order valence-electron chi connectivity index (χ4n) is 2.45. The highest BCUT2D eigenvalue weighted by Gasteiger charge is 2.10. The van der Waals surface area contributed by atoms with E-state index in [2.05, 4.69) is 16.8 Å². The number of aryl methyl sites for hydroxylation is 1. The van der Waals surface area contributed by atoms with Crippen molar-refractivity contribution in [2.45, 2.75) is 19.8 Å². The van der Waals surface area contributed by atoms with Crippen molar-refractivity contribution >= 4 is 28.6 Å². The van der Waals surface area contributed by atoms with Gasteiger partial charge in [0, 0.05) is 10.6 Å². The number of carbonyl (C=O) groups is 1. The van der Waals surface area contributed by atoms with Gasteiger partial charge in [0.25, 0.3) is 0 Å². The molecule has 0 fully saturated rings. The third kappa shape index (κ3) is 4.03. The van der Waals surface area contributed by atoms with Gasteiger partial charge in [-0.1, -0.05) is 24.2 Å². The molecule has 7 heteroatoms. The minimum absolute atomic E-state index is 0.0767. The number of hydrogen-bond donors (Lipinski definition) is 1. The monoisotopic (exact) mass is 371 g/mol. The zero-order chi connectivity index (χ0) is 18.7. The highest BCUT2D eigenvalue weighted by molar-refractivity contribution is 6.31. The molecule has 0 spiro atoms. The molecule has 3 rings (SSSR count). The summed E-state index contributed by atoms with van der Waals surface area (Å²) in [5, 5.41) is 19.6. The summed E-state index contributed by atoms with van der Waals surface area (Å²) in [5.74, 6) is -0.312. The predicted molar refractivity (Wildman–Crippen MR) is 99.6 cm³/mol. The van der Waals surface area contributed by atoms with Gasteiger partial charge in [0.15, 0.2) is 0 Å². The van der Waals surface area contributed by atoms with Crippen LogP contribution in [0.3, 0.4) is 0 Å². The SMILES string of the molecule is C=C(C)C(=O)OCCCc1ccc(-n2nc3ccc(Cl)cc3n2)c(O)c1. The summed E-state index contributed by atoms with van der Waals surface area (Å²) in [5.41, 5.74) is 3.14. The Morgan fingerprint density at radius 3 is 2.73 bits per heavy atom. The van der Waals surface area contributed by atoms with Gasteiger partial charge in [-0.2, -0.15) is 0 Å². The van der Waals surface area contributed by atoms with Crippen LogP contribution in [0.15, 0.2) is 48.6 Å². The molecule has 1 aromatic heterocycles. The van der Waals surface area contributed by atoms with E-state index in [1.54, 1.807) is 37.3 Å². The Hall–Kier alpha value is -2.86. The molecular formula is C19H18ClN3O3. The molecule has 0 aliphatic heterocycles. The van der Waals surface area contributed by atoms with Crippen LogP contribution in [0.4, 0.5) is 0 Å². The molecule has 0 saturated carbocycles. The molecule has 6 nitrogen and oxygen atoms in total. The molecule has 0 aliphatic carbocycles. The van der Waals surface area contributed by atoms with Crippen molar-refractivity contribution in [3.05, 3.63) is 59.1 Å². The Bertz CT molecular complexity index is 981. The predicted octanol–water partition coefficient (Wildman–Crippen LogP) is 3.83. The quantitative estimate of drug-likeness (QED) is 0.405. The number of nitrogens with zero attached hydrogens (tertiary/aromatic N) is 3. The van der Waals surface area contributed by atoms with Crippen LogP contribution in [0.5, 0.6) is 5.75 Å². The molecule has 0 bridgehead atoms. The molecule has 26 heavy (non-hydrogen) atoms. The molecule has 1 heterocycles. The Morgan fingerprint density at radius 2 is 2.00 bits per heavy atom. The third-order valence-corrected chi connectivity index (χ3v) is 4.02. The van der Waals surface area contributed by atoms with E-state index in [9.17, 15) is 9.90 Å². The van der Waals surface area contributed by atoms with Gasteiger partial charge in [-0.25, -0.2) is 4.79 Å². The highest BCUT2D eigenvalue weighted by Crippen LogP contribution is 2.24. The second-order valence-electron chi connectivity index (χ2n) is 5.97. The largest absolute Gasteiger partial charge is 0.506 e. The lowest BCUT2D eigenvalue weighted by atomic mass is 10.1. The van der Waals surface area contributed by atoms with Crippen LogP contribution in [-0.4, -0.2) is 32.7 Å². The average Bonchev–Trinajstić information content (AvgIpc) is 3.01. The molecule has 0 aliphatic rings. The second kappa shape index (κ2) is 7.58. The van der Waals surface area contributed by atoms with E-state index in [-0.39, 0.29) is 11.7 Å². The molecule has 0 atom stereocenters. The van der Waals surface area contributed by atoms with E-state index in [0.29, 0.717) is 46.8 Å². The number of rotatable bonds is 6. The molecule has 0 saturated heterocycles. The standard InChI is InChI=1S/C19H18ClN3O3/c1-12(2)19(25)26-9-3-4-13-5-8-17(18(24)10-13)23-21-15-7-6-14(20)11-16(15)22-23/h5-8,10-11,24H,1,3-4,9H2,2H3. The van der Waals surface area contributed by atoms with Gasteiger partial charge in [0.2, 0.25) is 0 Å². The van der Waals surface area contributed by atoms with Gasteiger partial charge >= 0.3 is 5.97 Å². The number of fused-ring (bicyclic) bond motifs is 1. The van der Waals surface area contributed by atoms with Crippen LogP contribution in [-0.2, 0) is 16.0 Å². The first-order chi connectivity index (χ1) is 12.4. The minimum Gasteiger partial charge on any atom is -0.506 e. The summed E-state index contributed by atoms with van der Waals surface area (Å²) in [7, 11) is 0. The fraction of sp³-hybridized carbons (Fsp3) is 0.211. The van der Waals surface area contributed by atoms with E-state index >= 15 is 0 Å². The maximum atomic E-state index is 11.3. The van der Waals surface area contributed by atoms with E-state index in [0.717, 1.165) is 5.56 Å². The topological polar surface area (TPSA) is 77.2 Å². The van der Waals surface area contributed by atoms with Crippen molar-refractivity contribution < 1.29 is 14.6 Å². The maximum absolute atomic E-state index is 11.3. The Labute approximate surface area is 155 Å². The van der Waals surface area contributed by atoms with Gasteiger partial charge < -0.3 is 9.84 Å². The lowest BCUT2D eigenvalue weighted by molar-refractivity contribution is -0.139. The molecule has 3 aromatic rings. The highest BCUT2D eigenvalue weighted by atomic mass is 35.5. The molecule has 2 aromatic carbocycles. The zero-order valence-electron chi connectivity index (χ0n) is 14.3. The maximum Gasteiger partial charge on any atom is 0.333 e. The van der Waals surface area contributed by atoms with Crippen molar-refractivity contribution in [2.24, 2.45) is 0 Å². The summed E-state index contributed by atoms with van der Waals surface area (Å²) in [6.07, 6.45) is 1.32. The van der Waals surface area contributed by atoms with Crippen LogP contribution in [0.2, 0.25) is 5.02 Å². The van der Waals surface area contributed by atoms with E-state index in [4.69, 9.17) is 16.3 Å². The summed E-state index contributed by atoms with van der Waals surface area (Å²) >= 11 is 5.96. The summed E-state index contributed by atoms with van der Waals surface area (Å²) in [6.45, 7) is 5.45. The minimum atomic E-state index is -0.389. The molecule has 0 unspecified atom stereocenters. The Kier molecular flexibility index (Phi) is 5.23. The average molecular weight is 372 g/mol. The first kappa shape index (κ1) is 17.9. The lowest BCUT2D eigenvalue weighted by Crippen LogP contribution is -2.07. The molecule has 0 amide bonds. The first-order valence-corrected chi connectivity index (χ1v) is 8.49. The van der Waals surface area contributed by atoms with Gasteiger partial charge in [-0.3, -0.25) is 0 Å². The van der Waals surface area contributed by atoms with Gasteiger partial charge in [0.1, 0.15) is 22.5 Å². The Balaban J connectivity index is 1.68. The number of phenolic OH excluding ortho intramolecular Hbond substituents is 1. The van der Waals surface area contributed by atoms with Gasteiger partial charge in [-0.15, -0.1) is 15.0 Å². The van der Waals surface area contributed by atoms with Crippen molar-refractivity contribution in [2.75, 3.05) is 6.61 Å². The van der Waals surface area contributed by atoms with E-state index in [1.807, 2.05) is 6.07 Å². The van der Waals surface area contributed by atoms with Crippen LogP contribution in [0.1, 0.15) is 18.9 Å². The number of aromatic nitrogens is 3. The summed E-state index contributed by atoms with van der Waals surface area (Å²) in [6, 6.07) is 10.5. The number of benzene rings is 2. The smallest absolute Gasteiger partial charge is 0.333 e.